The Morgan fingerprint density at radius 2 is 2.00 bits per heavy atom. The van der Waals surface area contributed by atoms with Gasteiger partial charge in [0, 0.05) is 49.4 Å². The van der Waals surface area contributed by atoms with Crippen LogP contribution in [-0.2, 0) is 18.2 Å². The summed E-state index contributed by atoms with van der Waals surface area (Å²) in [5.41, 5.74) is 3.83. The van der Waals surface area contributed by atoms with Crippen molar-refractivity contribution in [3.05, 3.63) is 48.2 Å². The number of hydrogen-bond acceptors (Lipinski definition) is 8. The van der Waals surface area contributed by atoms with E-state index in [9.17, 15) is 4.79 Å². The lowest BCUT2D eigenvalue weighted by Gasteiger charge is -2.27. The molecule has 2 aliphatic rings. The topological polar surface area (TPSA) is 107 Å². The van der Waals surface area contributed by atoms with Gasteiger partial charge >= 0.3 is 0 Å². The zero-order valence-electron chi connectivity index (χ0n) is 17.9. The van der Waals surface area contributed by atoms with Crippen LogP contribution in [-0.4, -0.2) is 64.9 Å². The number of nitrogens with one attached hydrogen (secondary N) is 1. The average molecular weight is 433 g/mol. The predicted molar refractivity (Wildman–Crippen MR) is 119 cm³/mol. The molecule has 0 saturated carbocycles. The second-order valence-electron chi connectivity index (χ2n) is 7.59. The van der Waals surface area contributed by atoms with Crippen molar-refractivity contribution in [2.75, 3.05) is 38.3 Å². The summed E-state index contributed by atoms with van der Waals surface area (Å²) in [4.78, 5) is 28.3. The molecule has 0 spiro atoms. The van der Waals surface area contributed by atoms with Crippen LogP contribution in [0.3, 0.4) is 0 Å². The van der Waals surface area contributed by atoms with Crippen molar-refractivity contribution < 1.29 is 14.3 Å². The highest BCUT2D eigenvalue weighted by Crippen LogP contribution is 2.41. The molecule has 1 amide bonds. The largest absolute Gasteiger partial charge is 0.496 e. The smallest absolute Gasteiger partial charge is 0.276 e. The second kappa shape index (κ2) is 8.39. The number of aryl methyl sites for hydroxylation is 1. The van der Waals surface area contributed by atoms with E-state index >= 15 is 0 Å². The highest BCUT2D eigenvalue weighted by molar-refractivity contribution is 6.09. The summed E-state index contributed by atoms with van der Waals surface area (Å²) < 4.78 is 12.6. The van der Waals surface area contributed by atoms with Crippen molar-refractivity contribution in [2.45, 2.75) is 6.42 Å². The first-order chi connectivity index (χ1) is 15.6. The number of amidine groups is 1. The molecule has 0 radical (unpaired) electrons. The monoisotopic (exact) mass is 433 g/mol. The molecule has 1 aromatic carbocycles. The fraction of sp³-hybridized carbons (Fsp3) is 0.318. The third-order valence-corrected chi connectivity index (χ3v) is 5.53. The van der Waals surface area contributed by atoms with Gasteiger partial charge in [0.05, 0.1) is 44.6 Å². The highest BCUT2D eigenvalue weighted by Gasteiger charge is 2.25. The molecule has 2 aliphatic heterocycles. The van der Waals surface area contributed by atoms with Crippen molar-refractivity contribution in [2.24, 2.45) is 12.0 Å². The number of fused-ring (bicyclic) bond motifs is 1. The number of aromatic nitrogens is 4. The number of anilines is 1. The number of morpholine rings is 1. The second-order valence-corrected chi connectivity index (χ2v) is 7.59. The van der Waals surface area contributed by atoms with E-state index < -0.39 is 0 Å². The van der Waals surface area contributed by atoms with Gasteiger partial charge in [-0.05, 0) is 12.1 Å². The minimum Gasteiger partial charge on any atom is -0.496 e. The van der Waals surface area contributed by atoms with Crippen LogP contribution in [0, 0.1) is 0 Å². The maximum absolute atomic E-state index is 12.8. The van der Waals surface area contributed by atoms with Crippen LogP contribution in [0.5, 0.6) is 5.75 Å². The molecule has 5 rings (SSSR count). The van der Waals surface area contributed by atoms with Gasteiger partial charge in [0.25, 0.3) is 5.91 Å². The lowest BCUT2D eigenvalue weighted by Crippen LogP contribution is -2.37. The first kappa shape index (κ1) is 20.1. The molecule has 1 saturated heterocycles. The summed E-state index contributed by atoms with van der Waals surface area (Å²) in [6.07, 6.45) is 7.29. The van der Waals surface area contributed by atoms with Gasteiger partial charge < -0.3 is 19.7 Å². The number of carbonyl (C=O) groups is 1. The predicted octanol–water partition coefficient (Wildman–Crippen LogP) is 1.74. The molecule has 4 heterocycles. The van der Waals surface area contributed by atoms with Gasteiger partial charge in [0.15, 0.2) is 0 Å². The van der Waals surface area contributed by atoms with E-state index in [2.05, 4.69) is 25.3 Å². The summed E-state index contributed by atoms with van der Waals surface area (Å²) in [6, 6.07) is 3.87. The number of methoxy groups -OCH3 is 1. The number of hydrogen-bond donors (Lipinski definition) is 1. The van der Waals surface area contributed by atoms with Crippen molar-refractivity contribution in [1.82, 2.24) is 25.1 Å². The molecule has 0 bridgehead atoms. The fourth-order valence-corrected chi connectivity index (χ4v) is 3.90. The lowest BCUT2D eigenvalue weighted by atomic mass is 10.0. The molecule has 10 heteroatoms. The van der Waals surface area contributed by atoms with E-state index in [1.165, 1.54) is 6.20 Å². The number of amides is 1. The number of aliphatic imine (C=N–C) groups is 1. The van der Waals surface area contributed by atoms with Gasteiger partial charge in [0.2, 0.25) is 0 Å². The van der Waals surface area contributed by atoms with Crippen LogP contribution < -0.4 is 15.0 Å². The number of nitrogens with zero attached hydrogens (tertiary/aromatic N) is 6. The van der Waals surface area contributed by atoms with Crippen LogP contribution >= 0.6 is 0 Å². The van der Waals surface area contributed by atoms with Crippen LogP contribution in [0.15, 0.2) is 41.9 Å². The minimum atomic E-state index is -0.348. The maximum Gasteiger partial charge on any atom is 0.276 e. The number of ether oxygens (including phenoxy) is 2. The Labute approximate surface area is 184 Å². The van der Waals surface area contributed by atoms with Gasteiger partial charge in [-0.1, -0.05) is 0 Å². The Hall–Kier alpha value is -3.79. The third kappa shape index (κ3) is 3.80. The van der Waals surface area contributed by atoms with E-state index in [1.807, 2.05) is 25.4 Å². The van der Waals surface area contributed by atoms with Crippen molar-refractivity contribution in [3.63, 3.8) is 0 Å². The molecular formula is C22H23N7O3. The first-order valence-electron chi connectivity index (χ1n) is 10.3. The van der Waals surface area contributed by atoms with E-state index in [4.69, 9.17) is 14.5 Å². The van der Waals surface area contributed by atoms with Crippen molar-refractivity contribution in [1.29, 1.82) is 0 Å². The van der Waals surface area contributed by atoms with E-state index in [0.717, 1.165) is 47.0 Å². The molecule has 0 unspecified atom stereocenters. The molecule has 2 aromatic heterocycles. The van der Waals surface area contributed by atoms with Gasteiger partial charge in [0.1, 0.15) is 23.1 Å². The Morgan fingerprint density at radius 1 is 1.16 bits per heavy atom. The lowest BCUT2D eigenvalue weighted by molar-refractivity contribution is 0.0971. The minimum absolute atomic E-state index is 0.236. The van der Waals surface area contributed by atoms with Gasteiger partial charge in [-0.15, -0.1) is 0 Å². The Bertz CT molecular complexity index is 1180. The summed E-state index contributed by atoms with van der Waals surface area (Å²) in [5.74, 6) is 1.66. The van der Waals surface area contributed by atoms with Gasteiger partial charge in [-0.2, -0.15) is 5.10 Å². The quantitative estimate of drug-likeness (QED) is 0.668. The molecule has 0 atom stereocenters. The summed E-state index contributed by atoms with van der Waals surface area (Å²) in [6.45, 7) is 2.84. The fourth-order valence-electron chi connectivity index (χ4n) is 3.90. The number of carbonyl (C=O) groups excluding carboxylic acids is 1. The Morgan fingerprint density at radius 3 is 2.69 bits per heavy atom. The van der Waals surface area contributed by atoms with E-state index in [-0.39, 0.29) is 11.6 Å². The average Bonchev–Trinajstić information content (AvgIpc) is 3.45. The van der Waals surface area contributed by atoms with Crippen LogP contribution in [0.1, 0.15) is 16.1 Å². The summed E-state index contributed by atoms with van der Waals surface area (Å²) >= 11 is 0. The molecule has 3 aromatic rings. The highest BCUT2D eigenvalue weighted by atomic mass is 16.5. The standard InChI is InChI=1S/C22H23N7O3/c1-28-13-14(10-25-28)15-3-4-18(31-2)16-9-19(26-21(15)16)27-22(30)17-11-24-20(12-23-17)29-5-7-32-8-6-29/h3-4,10-13H,5-9H2,1-2H3,(H,26,27,30). The van der Waals surface area contributed by atoms with E-state index in [1.54, 1.807) is 24.2 Å². The van der Waals surface area contributed by atoms with Crippen LogP contribution in [0.2, 0.25) is 0 Å². The maximum atomic E-state index is 12.8. The normalized spacial score (nSPS) is 15.3. The van der Waals surface area contributed by atoms with Gasteiger partial charge in [-0.3, -0.25) is 9.48 Å². The summed E-state index contributed by atoms with van der Waals surface area (Å²) in [5, 5.41) is 7.13. The SMILES string of the molecule is COc1ccc(-c2cnn(C)c2)c2c1CC(NC(=O)c1cnc(N3CCOCC3)cn1)=N2. The van der Waals surface area contributed by atoms with Gasteiger partial charge in [-0.25, -0.2) is 15.0 Å². The first-order valence-corrected chi connectivity index (χ1v) is 10.3. The number of rotatable bonds is 4. The molecular weight excluding hydrogens is 410 g/mol. The van der Waals surface area contributed by atoms with Crippen LogP contribution in [0.25, 0.3) is 11.1 Å². The zero-order valence-corrected chi connectivity index (χ0v) is 17.9. The summed E-state index contributed by atoms with van der Waals surface area (Å²) in [7, 11) is 3.50. The number of benzene rings is 1. The van der Waals surface area contributed by atoms with Crippen molar-refractivity contribution in [3.8, 4) is 16.9 Å². The third-order valence-electron chi connectivity index (χ3n) is 5.53. The molecule has 32 heavy (non-hydrogen) atoms. The van der Waals surface area contributed by atoms with Crippen LogP contribution in [0.4, 0.5) is 11.5 Å². The molecule has 0 aliphatic carbocycles. The van der Waals surface area contributed by atoms with Crippen molar-refractivity contribution >= 4 is 23.2 Å². The molecule has 1 N–H and O–H groups in total. The molecule has 164 valence electrons. The Balaban J connectivity index is 1.35. The van der Waals surface area contributed by atoms with E-state index in [0.29, 0.717) is 25.5 Å². The molecule has 10 nitrogen and oxygen atoms in total. The molecule has 1 fully saturated rings. The zero-order chi connectivity index (χ0) is 22.1. The Kier molecular flexibility index (Phi) is 5.28.